The molecule has 1 aromatic carbocycles. The summed E-state index contributed by atoms with van der Waals surface area (Å²) in [6, 6.07) is 7.59. The number of methoxy groups -OCH3 is 1. The lowest BCUT2D eigenvalue weighted by Gasteiger charge is -2.11. The number of nitrogens with two attached hydrogens (primary N) is 1. The molecule has 1 aromatic rings. The van der Waals surface area contributed by atoms with Crippen LogP contribution in [0.25, 0.3) is 0 Å². The Kier molecular flexibility index (Phi) is 6.37. The Hall–Kier alpha value is -1.26. The van der Waals surface area contributed by atoms with Crippen LogP contribution in [0.1, 0.15) is 6.42 Å². The maximum absolute atomic E-state index is 5.59. The van der Waals surface area contributed by atoms with E-state index in [1.807, 2.05) is 24.3 Å². The Morgan fingerprint density at radius 3 is 2.19 bits per heavy atom. The Morgan fingerprint density at radius 2 is 1.62 bits per heavy atom. The van der Waals surface area contributed by atoms with Crippen molar-refractivity contribution < 1.29 is 14.2 Å². The topological polar surface area (TPSA) is 53.7 Å². The standard InChI is InChI=1S/C12H19NO3/c1-14-8-4-9-15-11-5-2-3-6-12(11)16-10-7-13/h2-3,5-6H,4,7-10,13H2,1H3. The Bertz CT molecular complexity index is 291. The normalized spacial score (nSPS) is 10.1. The van der Waals surface area contributed by atoms with E-state index < -0.39 is 0 Å². The smallest absolute Gasteiger partial charge is 0.161 e. The molecule has 0 bridgehead atoms. The van der Waals surface area contributed by atoms with E-state index in [1.165, 1.54) is 0 Å². The molecule has 4 nitrogen and oxygen atoms in total. The van der Waals surface area contributed by atoms with Crippen LogP contribution >= 0.6 is 0 Å². The third-order valence-corrected chi connectivity index (χ3v) is 1.97. The zero-order valence-corrected chi connectivity index (χ0v) is 9.65. The summed E-state index contributed by atoms with van der Waals surface area (Å²) in [7, 11) is 1.68. The second-order valence-electron chi connectivity index (χ2n) is 3.28. The number of ether oxygens (including phenoxy) is 3. The molecule has 0 aliphatic carbocycles. The van der Waals surface area contributed by atoms with Crippen LogP contribution in [0.4, 0.5) is 0 Å². The summed E-state index contributed by atoms with van der Waals surface area (Å²) in [6.07, 6.45) is 0.863. The highest BCUT2D eigenvalue weighted by Gasteiger charge is 2.02. The van der Waals surface area contributed by atoms with E-state index in [1.54, 1.807) is 7.11 Å². The van der Waals surface area contributed by atoms with E-state index in [0.29, 0.717) is 26.4 Å². The quantitative estimate of drug-likeness (QED) is 0.680. The van der Waals surface area contributed by atoms with E-state index in [-0.39, 0.29) is 0 Å². The van der Waals surface area contributed by atoms with Gasteiger partial charge in [-0.05, 0) is 12.1 Å². The average molecular weight is 225 g/mol. The number of para-hydroxylation sites is 2. The van der Waals surface area contributed by atoms with Crippen molar-refractivity contribution in [1.29, 1.82) is 0 Å². The first-order valence-corrected chi connectivity index (χ1v) is 5.42. The van der Waals surface area contributed by atoms with Gasteiger partial charge in [-0.3, -0.25) is 0 Å². The highest BCUT2D eigenvalue weighted by atomic mass is 16.5. The predicted molar refractivity (Wildman–Crippen MR) is 63.0 cm³/mol. The molecule has 1 rings (SSSR count). The number of benzene rings is 1. The van der Waals surface area contributed by atoms with Gasteiger partial charge >= 0.3 is 0 Å². The zero-order valence-electron chi connectivity index (χ0n) is 9.65. The Balaban J connectivity index is 2.43. The van der Waals surface area contributed by atoms with Crippen molar-refractivity contribution in [2.24, 2.45) is 5.73 Å². The van der Waals surface area contributed by atoms with Crippen LogP contribution in [0.3, 0.4) is 0 Å². The zero-order chi connectivity index (χ0) is 11.6. The second-order valence-corrected chi connectivity index (χ2v) is 3.28. The van der Waals surface area contributed by atoms with Crippen molar-refractivity contribution in [2.45, 2.75) is 6.42 Å². The molecule has 0 saturated heterocycles. The first-order chi connectivity index (χ1) is 7.88. The van der Waals surface area contributed by atoms with Crippen LogP contribution in [0, 0.1) is 0 Å². The van der Waals surface area contributed by atoms with Gasteiger partial charge in [0.2, 0.25) is 0 Å². The largest absolute Gasteiger partial charge is 0.490 e. The lowest BCUT2D eigenvalue weighted by Crippen LogP contribution is -2.11. The van der Waals surface area contributed by atoms with Crippen LogP contribution in [0.15, 0.2) is 24.3 Å². The molecular formula is C12H19NO3. The van der Waals surface area contributed by atoms with Gasteiger partial charge in [-0.2, -0.15) is 0 Å². The summed E-state index contributed by atoms with van der Waals surface area (Å²) in [6.45, 7) is 2.32. The van der Waals surface area contributed by atoms with Gasteiger partial charge in [-0.15, -0.1) is 0 Å². The van der Waals surface area contributed by atoms with Crippen LogP contribution in [0.2, 0.25) is 0 Å². The highest BCUT2D eigenvalue weighted by molar-refractivity contribution is 5.39. The second kappa shape index (κ2) is 7.96. The maximum Gasteiger partial charge on any atom is 0.161 e. The maximum atomic E-state index is 5.59. The molecule has 0 atom stereocenters. The van der Waals surface area contributed by atoms with Crippen LogP contribution in [0.5, 0.6) is 11.5 Å². The van der Waals surface area contributed by atoms with Crippen LogP contribution < -0.4 is 15.2 Å². The molecule has 0 radical (unpaired) electrons. The molecule has 90 valence electrons. The Labute approximate surface area is 96.3 Å². The molecule has 0 aliphatic rings. The number of hydrogen-bond donors (Lipinski definition) is 1. The summed E-state index contributed by atoms with van der Waals surface area (Å²) < 4.78 is 16.0. The number of rotatable bonds is 8. The first kappa shape index (κ1) is 12.8. The van der Waals surface area contributed by atoms with Gasteiger partial charge in [0, 0.05) is 26.7 Å². The van der Waals surface area contributed by atoms with Gasteiger partial charge in [0.1, 0.15) is 6.61 Å². The summed E-state index contributed by atoms with van der Waals surface area (Å²) in [4.78, 5) is 0. The molecule has 0 heterocycles. The number of hydrogen-bond acceptors (Lipinski definition) is 4. The molecule has 0 spiro atoms. The summed E-state index contributed by atoms with van der Waals surface area (Å²) in [5.41, 5.74) is 5.38. The molecule has 0 aliphatic heterocycles. The molecule has 0 saturated carbocycles. The molecule has 2 N–H and O–H groups in total. The predicted octanol–water partition coefficient (Wildman–Crippen LogP) is 1.44. The molecule has 0 fully saturated rings. The van der Waals surface area contributed by atoms with E-state index >= 15 is 0 Å². The van der Waals surface area contributed by atoms with Crippen molar-refractivity contribution in [3.63, 3.8) is 0 Å². The van der Waals surface area contributed by atoms with Gasteiger partial charge in [0.05, 0.1) is 6.61 Å². The van der Waals surface area contributed by atoms with Crippen LogP contribution in [-0.2, 0) is 4.74 Å². The summed E-state index contributed by atoms with van der Waals surface area (Å²) in [5.74, 6) is 1.50. The van der Waals surface area contributed by atoms with Crippen molar-refractivity contribution in [3.8, 4) is 11.5 Å². The van der Waals surface area contributed by atoms with E-state index in [2.05, 4.69) is 0 Å². The fourth-order valence-electron chi connectivity index (χ4n) is 1.24. The van der Waals surface area contributed by atoms with Gasteiger partial charge in [-0.25, -0.2) is 0 Å². The van der Waals surface area contributed by atoms with Gasteiger partial charge in [0.15, 0.2) is 11.5 Å². The molecule has 0 aromatic heterocycles. The van der Waals surface area contributed by atoms with Gasteiger partial charge < -0.3 is 19.9 Å². The lowest BCUT2D eigenvalue weighted by atomic mass is 10.3. The SMILES string of the molecule is COCCCOc1ccccc1OCCN. The summed E-state index contributed by atoms with van der Waals surface area (Å²) >= 11 is 0. The van der Waals surface area contributed by atoms with E-state index in [4.69, 9.17) is 19.9 Å². The van der Waals surface area contributed by atoms with Crippen molar-refractivity contribution in [3.05, 3.63) is 24.3 Å². The highest BCUT2D eigenvalue weighted by Crippen LogP contribution is 2.26. The fraction of sp³-hybridized carbons (Fsp3) is 0.500. The van der Waals surface area contributed by atoms with Gasteiger partial charge in [0.25, 0.3) is 0 Å². The Morgan fingerprint density at radius 1 is 1.00 bits per heavy atom. The molecule has 0 unspecified atom stereocenters. The first-order valence-electron chi connectivity index (χ1n) is 5.42. The third-order valence-electron chi connectivity index (χ3n) is 1.97. The minimum Gasteiger partial charge on any atom is -0.490 e. The van der Waals surface area contributed by atoms with Crippen molar-refractivity contribution in [2.75, 3.05) is 33.5 Å². The van der Waals surface area contributed by atoms with Crippen LogP contribution in [-0.4, -0.2) is 33.5 Å². The molecule has 4 heteroatoms. The van der Waals surface area contributed by atoms with Crippen molar-refractivity contribution >= 4 is 0 Å². The van der Waals surface area contributed by atoms with Gasteiger partial charge in [-0.1, -0.05) is 12.1 Å². The molecular weight excluding hydrogens is 206 g/mol. The fourth-order valence-corrected chi connectivity index (χ4v) is 1.24. The minimum atomic E-state index is 0.498. The third kappa shape index (κ3) is 4.51. The van der Waals surface area contributed by atoms with E-state index in [0.717, 1.165) is 17.9 Å². The minimum absolute atomic E-state index is 0.498. The average Bonchev–Trinajstić information content (AvgIpc) is 2.33. The summed E-state index contributed by atoms with van der Waals surface area (Å²) in [5, 5.41) is 0. The monoisotopic (exact) mass is 225 g/mol. The lowest BCUT2D eigenvalue weighted by molar-refractivity contribution is 0.170. The van der Waals surface area contributed by atoms with Crippen molar-refractivity contribution in [1.82, 2.24) is 0 Å². The molecule has 0 amide bonds. The van der Waals surface area contributed by atoms with E-state index in [9.17, 15) is 0 Å². The molecule has 16 heavy (non-hydrogen) atoms.